The van der Waals surface area contributed by atoms with Gasteiger partial charge in [0.2, 0.25) is 0 Å². The third-order valence-electron chi connectivity index (χ3n) is 3.09. The molecule has 1 N–H and O–H groups in total. The van der Waals surface area contributed by atoms with Crippen LogP contribution in [0.3, 0.4) is 0 Å². The number of allylic oxidation sites excluding steroid dienone is 1. The molecule has 1 heterocycles. The molecule has 0 radical (unpaired) electrons. The lowest BCUT2D eigenvalue weighted by atomic mass is 10.1. The first-order valence-electron chi connectivity index (χ1n) is 5.91. The maximum atomic E-state index is 3.96. The molecule has 1 atom stereocenters. The molecule has 1 aromatic carbocycles. The summed E-state index contributed by atoms with van der Waals surface area (Å²) in [5, 5.41) is 3.46. The summed E-state index contributed by atoms with van der Waals surface area (Å²) >= 11 is 0. The minimum atomic E-state index is 0.578. The Morgan fingerprint density at radius 2 is 2.06 bits per heavy atom. The summed E-state index contributed by atoms with van der Waals surface area (Å²) in [5.41, 5.74) is 3.67. The largest absolute Gasteiger partial charge is 0.369 e. The van der Waals surface area contributed by atoms with E-state index in [1.807, 2.05) is 6.92 Å². The van der Waals surface area contributed by atoms with Crippen LogP contribution in [0, 0.1) is 0 Å². The maximum absolute atomic E-state index is 3.96. The van der Waals surface area contributed by atoms with Gasteiger partial charge in [-0.3, -0.25) is 0 Å². The topological polar surface area (TPSA) is 15.3 Å². The highest BCUT2D eigenvalue weighted by molar-refractivity contribution is 5.64. The standard InChI is InChI=1S/C14H20N2/c1-11(2)13-4-6-14(7-5-13)16-9-8-15-12(3)10-16/h4-7,12,15H,1,8-10H2,2-3H3/t12-/m0/s1. The van der Waals surface area contributed by atoms with Gasteiger partial charge in [-0.25, -0.2) is 0 Å². The number of piperazine rings is 1. The molecule has 0 aromatic heterocycles. The summed E-state index contributed by atoms with van der Waals surface area (Å²) in [4.78, 5) is 2.43. The van der Waals surface area contributed by atoms with Crippen molar-refractivity contribution >= 4 is 11.3 Å². The quantitative estimate of drug-likeness (QED) is 0.817. The zero-order valence-corrected chi connectivity index (χ0v) is 10.2. The molecule has 86 valence electrons. The summed E-state index contributed by atoms with van der Waals surface area (Å²) in [7, 11) is 0. The van der Waals surface area contributed by atoms with Crippen LogP contribution in [0.2, 0.25) is 0 Å². The molecule has 0 amide bonds. The Morgan fingerprint density at radius 1 is 1.38 bits per heavy atom. The maximum Gasteiger partial charge on any atom is 0.0367 e. The molecule has 0 unspecified atom stereocenters. The van der Waals surface area contributed by atoms with Crippen LogP contribution < -0.4 is 10.2 Å². The van der Waals surface area contributed by atoms with Gasteiger partial charge in [0.1, 0.15) is 0 Å². The minimum absolute atomic E-state index is 0.578. The lowest BCUT2D eigenvalue weighted by molar-refractivity contribution is 0.485. The SMILES string of the molecule is C=C(C)c1ccc(N2CCN[C@@H](C)C2)cc1. The van der Waals surface area contributed by atoms with Gasteiger partial charge in [-0.1, -0.05) is 24.3 Å². The number of rotatable bonds is 2. The van der Waals surface area contributed by atoms with Crippen molar-refractivity contribution in [3.63, 3.8) is 0 Å². The highest BCUT2D eigenvalue weighted by Gasteiger charge is 2.15. The molecule has 1 aliphatic rings. The van der Waals surface area contributed by atoms with Crippen LogP contribution in [0.4, 0.5) is 5.69 Å². The highest BCUT2D eigenvalue weighted by Crippen LogP contribution is 2.19. The second-order valence-corrected chi connectivity index (χ2v) is 4.63. The molecule has 1 saturated heterocycles. The van der Waals surface area contributed by atoms with Crippen LogP contribution in [-0.2, 0) is 0 Å². The van der Waals surface area contributed by atoms with E-state index in [-0.39, 0.29) is 0 Å². The Balaban J connectivity index is 2.11. The fourth-order valence-electron chi connectivity index (χ4n) is 2.12. The van der Waals surface area contributed by atoms with Gasteiger partial charge in [0.05, 0.1) is 0 Å². The van der Waals surface area contributed by atoms with Gasteiger partial charge in [0, 0.05) is 31.4 Å². The number of anilines is 1. The third kappa shape index (κ3) is 2.45. The zero-order chi connectivity index (χ0) is 11.5. The van der Waals surface area contributed by atoms with Crippen molar-refractivity contribution in [2.45, 2.75) is 19.9 Å². The van der Waals surface area contributed by atoms with Gasteiger partial charge in [0.25, 0.3) is 0 Å². The summed E-state index contributed by atoms with van der Waals surface area (Å²) in [6, 6.07) is 9.29. The summed E-state index contributed by atoms with van der Waals surface area (Å²) in [5.74, 6) is 0. The van der Waals surface area contributed by atoms with Crippen molar-refractivity contribution in [2.75, 3.05) is 24.5 Å². The molecular formula is C14H20N2. The van der Waals surface area contributed by atoms with E-state index >= 15 is 0 Å². The summed E-state index contributed by atoms with van der Waals surface area (Å²) in [6.07, 6.45) is 0. The van der Waals surface area contributed by atoms with Crippen molar-refractivity contribution < 1.29 is 0 Å². The molecule has 1 fully saturated rings. The predicted molar refractivity (Wildman–Crippen MR) is 70.8 cm³/mol. The van der Waals surface area contributed by atoms with E-state index in [1.54, 1.807) is 0 Å². The van der Waals surface area contributed by atoms with E-state index in [1.165, 1.54) is 11.3 Å². The van der Waals surface area contributed by atoms with Crippen molar-refractivity contribution in [1.82, 2.24) is 5.32 Å². The van der Waals surface area contributed by atoms with Crippen molar-refractivity contribution in [3.8, 4) is 0 Å². The summed E-state index contributed by atoms with van der Waals surface area (Å²) in [6.45, 7) is 11.5. The van der Waals surface area contributed by atoms with E-state index < -0.39 is 0 Å². The van der Waals surface area contributed by atoms with Crippen molar-refractivity contribution in [1.29, 1.82) is 0 Å². The monoisotopic (exact) mass is 216 g/mol. The molecule has 2 heteroatoms. The zero-order valence-electron chi connectivity index (χ0n) is 10.2. The first-order chi connectivity index (χ1) is 7.66. The fourth-order valence-corrected chi connectivity index (χ4v) is 2.12. The van der Waals surface area contributed by atoms with E-state index in [0.29, 0.717) is 6.04 Å². The lowest BCUT2D eigenvalue weighted by Gasteiger charge is -2.33. The van der Waals surface area contributed by atoms with E-state index in [0.717, 1.165) is 25.2 Å². The third-order valence-corrected chi connectivity index (χ3v) is 3.09. The lowest BCUT2D eigenvalue weighted by Crippen LogP contribution is -2.49. The smallest absolute Gasteiger partial charge is 0.0367 e. The Hall–Kier alpha value is -1.28. The number of hydrogen-bond donors (Lipinski definition) is 1. The molecule has 2 rings (SSSR count). The Labute approximate surface area is 98.0 Å². The van der Waals surface area contributed by atoms with Gasteiger partial charge in [-0.2, -0.15) is 0 Å². The molecular weight excluding hydrogens is 196 g/mol. The Morgan fingerprint density at radius 3 is 2.62 bits per heavy atom. The molecule has 2 nitrogen and oxygen atoms in total. The molecule has 0 saturated carbocycles. The fraction of sp³-hybridized carbons (Fsp3) is 0.429. The average molecular weight is 216 g/mol. The summed E-state index contributed by atoms with van der Waals surface area (Å²) < 4.78 is 0. The molecule has 0 bridgehead atoms. The van der Waals surface area contributed by atoms with Crippen LogP contribution in [0.25, 0.3) is 5.57 Å². The Kier molecular flexibility index (Phi) is 3.30. The van der Waals surface area contributed by atoms with Crippen LogP contribution in [0.1, 0.15) is 19.4 Å². The molecule has 16 heavy (non-hydrogen) atoms. The number of hydrogen-bond acceptors (Lipinski definition) is 2. The van der Waals surface area contributed by atoms with Crippen LogP contribution >= 0.6 is 0 Å². The number of nitrogens with one attached hydrogen (secondary N) is 1. The second-order valence-electron chi connectivity index (χ2n) is 4.63. The van der Waals surface area contributed by atoms with E-state index in [2.05, 4.69) is 48.0 Å². The van der Waals surface area contributed by atoms with Gasteiger partial charge in [-0.05, 0) is 31.5 Å². The molecule has 1 aliphatic heterocycles. The predicted octanol–water partition coefficient (Wildman–Crippen LogP) is 2.52. The number of nitrogens with zero attached hydrogens (tertiary/aromatic N) is 1. The van der Waals surface area contributed by atoms with Crippen LogP contribution in [0.15, 0.2) is 30.8 Å². The molecule has 0 spiro atoms. The van der Waals surface area contributed by atoms with Crippen molar-refractivity contribution in [2.24, 2.45) is 0 Å². The first kappa shape index (κ1) is 11.2. The van der Waals surface area contributed by atoms with E-state index in [4.69, 9.17) is 0 Å². The van der Waals surface area contributed by atoms with Gasteiger partial charge < -0.3 is 10.2 Å². The molecule has 0 aliphatic carbocycles. The highest BCUT2D eigenvalue weighted by atomic mass is 15.2. The Bertz CT molecular complexity index is 367. The normalized spacial score (nSPS) is 20.9. The second kappa shape index (κ2) is 4.71. The van der Waals surface area contributed by atoms with Gasteiger partial charge in [0.15, 0.2) is 0 Å². The molecule has 1 aromatic rings. The first-order valence-corrected chi connectivity index (χ1v) is 5.91. The van der Waals surface area contributed by atoms with Crippen molar-refractivity contribution in [3.05, 3.63) is 36.4 Å². The van der Waals surface area contributed by atoms with Gasteiger partial charge >= 0.3 is 0 Å². The average Bonchev–Trinajstić information content (AvgIpc) is 2.29. The van der Waals surface area contributed by atoms with Gasteiger partial charge in [-0.15, -0.1) is 0 Å². The minimum Gasteiger partial charge on any atom is -0.369 e. The van der Waals surface area contributed by atoms with E-state index in [9.17, 15) is 0 Å². The van der Waals surface area contributed by atoms with Crippen LogP contribution in [0.5, 0.6) is 0 Å². The van der Waals surface area contributed by atoms with Crippen LogP contribution in [-0.4, -0.2) is 25.7 Å². The number of benzene rings is 1.